The van der Waals surface area contributed by atoms with Crippen LogP contribution in [0.1, 0.15) is 17.4 Å². The van der Waals surface area contributed by atoms with Crippen LogP contribution in [0.2, 0.25) is 0 Å². The normalized spacial score (nSPS) is 17.9. The molecular formula is C11H15N5S. The average molecular weight is 249 g/mol. The van der Waals surface area contributed by atoms with Gasteiger partial charge in [-0.2, -0.15) is 11.3 Å². The maximum Gasteiger partial charge on any atom is 0.147 e. The fraction of sp³-hybridized carbons (Fsp3) is 0.455. The van der Waals surface area contributed by atoms with Crippen molar-refractivity contribution in [1.82, 2.24) is 19.7 Å². The number of thiophene rings is 1. The first-order chi connectivity index (χ1) is 8.38. The predicted octanol–water partition coefficient (Wildman–Crippen LogP) is 0.855. The summed E-state index contributed by atoms with van der Waals surface area (Å²) in [5, 5.41) is 12.4. The second-order valence-corrected chi connectivity index (χ2v) is 5.00. The number of rotatable bonds is 3. The summed E-state index contributed by atoms with van der Waals surface area (Å²) >= 11 is 1.72. The van der Waals surface area contributed by atoms with Crippen LogP contribution in [0.25, 0.3) is 0 Å². The van der Waals surface area contributed by atoms with Gasteiger partial charge in [0.05, 0.1) is 6.54 Å². The monoisotopic (exact) mass is 249 g/mol. The Hall–Kier alpha value is -1.24. The number of nitrogens with two attached hydrogens (primary N) is 1. The van der Waals surface area contributed by atoms with Crippen LogP contribution in [0, 0.1) is 0 Å². The molecule has 90 valence electrons. The summed E-state index contributed by atoms with van der Waals surface area (Å²) in [6.07, 6.45) is 1.80. The third-order valence-corrected chi connectivity index (χ3v) is 3.96. The Balaban J connectivity index is 1.81. The van der Waals surface area contributed by atoms with Gasteiger partial charge in [0.15, 0.2) is 0 Å². The number of hydrogen-bond acceptors (Lipinski definition) is 5. The zero-order valence-electron chi connectivity index (χ0n) is 9.49. The van der Waals surface area contributed by atoms with Crippen LogP contribution in [0.3, 0.4) is 0 Å². The van der Waals surface area contributed by atoms with E-state index in [0.717, 1.165) is 25.5 Å². The molecule has 0 fully saturated rings. The van der Waals surface area contributed by atoms with Gasteiger partial charge in [-0.1, -0.05) is 0 Å². The van der Waals surface area contributed by atoms with E-state index < -0.39 is 0 Å². The van der Waals surface area contributed by atoms with E-state index in [9.17, 15) is 0 Å². The molecule has 2 aromatic rings. The van der Waals surface area contributed by atoms with E-state index in [1.54, 1.807) is 17.7 Å². The summed E-state index contributed by atoms with van der Waals surface area (Å²) in [5.41, 5.74) is 7.22. The maximum absolute atomic E-state index is 5.91. The van der Waals surface area contributed by atoms with Crippen LogP contribution in [0.4, 0.5) is 0 Å². The lowest BCUT2D eigenvalue weighted by Gasteiger charge is -2.33. The summed E-state index contributed by atoms with van der Waals surface area (Å²) in [6.45, 7) is 3.42. The largest absolute Gasteiger partial charge is 0.329 e. The zero-order valence-corrected chi connectivity index (χ0v) is 10.3. The minimum atomic E-state index is 0.298. The molecule has 0 radical (unpaired) electrons. The summed E-state index contributed by atoms with van der Waals surface area (Å²) in [7, 11) is 0. The van der Waals surface area contributed by atoms with Crippen molar-refractivity contribution in [3.8, 4) is 0 Å². The van der Waals surface area contributed by atoms with E-state index in [1.165, 1.54) is 5.56 Å². The molecule has 1 aliphatic rings. The van der Waals surface area contributed by atoms with Crippen molar-refractivity contribution in [3.05, 3.63) is 34.5 Å². The molecule has 5 nitrogen and oxygen atoms in total. The van der Waals surface area contributed by atoms with Gasteiger partial charge >= 0.3 is 0 Å². The van der Waals surface area contributed by atoms with Crippen molar-refractivity contribution in [1.29, 1.82) is 0 Å². The Morgan fingerprint density at radius 3 is 3.18 bits per heavy atom. The van der Waals surface area contributed by atoms with Gasteiger partial charge in [0.25, 0.3) is 0 Å². The Labute approximate surface area is 104 Å². The van der Waals surface area contributed by atoms with Crippen LogP contribution in [-0.2, 0) is 13.1 Å². The molecule has 0 aliphatic carbocycles. The molecule has 2 N–H and O–H groups in total. The van der Waals surface area contributed by atoms with E-state index in [-0.39, 0.29) is 0 Å². The molecule has 1 aliphatic heterocycles. The van der Waals surface area contributed by atoms with E-state index in [4.69, 9.17) is 5.73 Å². The Morgan fingerprint density at radius 1 is 1.47 bits per heavy atom. The van der Waals surface area contributed by atoms with Crippen LogP contribution < -0.4 is 5.73 Å². The zero-order chi connectivity index (χ0) is 11.7. The topological polar surface area (TPSA) is 60.0 Å². The van der Waals surface area contributed by atoms with Gasteiger partial charge in [-0.25, -0.2) is 0 Å². The van der Waals surface area contributed by atoms with Crippen LogP contribution in [-0.4, -0.2) is 32.8 Å². The minimum absolute atomic E-state index is 0.298. The molecule has 6 heteroatoms. The standard InChI is InChI=1S/C11H15N5S/c12-5-10(9-1-4-17-7-9)15-2-3-16-8-13-14-11(16)6-15/h1,4,7-8,10H,2-3,5-6,12H2. The quantitative estimate of drug-likeness (QED) is 0.876. The van der Waals surface area contributed by atoms with Crippen LogP contribution in [0.15, 0.2) is 23.2 Å². The smallest absolute Gasteiger partial charge is 0.147 e. The van der Waals surface area contributed by atoms with Crippen molar-refractivity contribution in [2.75, 3.05) is 13.1 Å². The third-order valence-electron chi connectivity index (χ3n) is 3.26. The van der Waals surface area contributed by atoms with E-state index >= 15 is 0 Å². The molecule has 0 spiro atoms. The van der Waals surface area contributed by atoms with Gasteiger partial charge in [0.2, 0.25) is 0 Å². The number of nitrogens with zero attached hydrogens (tertiary/aromatic N) is 4. The molecule has 0 aromatic carbocycles. The number of aromatic nitrogens is 3. The van der Waals surface area contributed by atoms with Crippen molar-refractivity contribution >= 4 is 11.3 Å². The highest BCUT2D eigenvalue weighted by atomic mass is 32.1. The second-order valence-electron chi connectivity index (χ2n) is 4.22. The molecule has 3 rings (SSSR count). The van der Waals surface area contributed by atoms with Gasteiger partial charge in [0.1, 0.15) is 12.2 Å². The van der Waals surface area contributed by atoms with Gasteiger partial charge in [0, 0.05) is 25.7 Å². The maximum atomic E-state index is 5.91. The molecule has 1 unspecified atom stereocenters. The van der Waals surface area contributed by atoms with Gasteiger partial charge in [-0.05, 0) is 22.4 Å². The Morgan fingerprint density at radius 2 is 2.41 bits per heavy atom. The number of fused-ring (bicyclic) bond motifs is 1. The van der Waals surface area contributed by atoms with E-state index in [2.05, 4.69) is 36.5 Å². The van der Waals surface area contributed by atoms with E-state index in [1.807, 2.05) is 0 Å². The molecule has 0 amide bonds. The molecule has 0 bridgehead atoms. The van der Waals surface area contributed by atoms with Gasteiger partial charge in [-0.3, -0.25) is 4.90 Å². The van der Waals surface area contributed by atoms with Gasteiger partial charge in [-0.15, -0.1) is 10.2 Å². The van der Waals surface area contributed by atoms with Crippen LogP contribution >= 0.6 is 11.3 Å². The highest BCUT2D eigenvalue weighted by Crippen LogP contribution is 2.25. The summed E-state index contributed by atoms with van der Waals surface area (Å²) in [4.78, 5) is 2.38. The predicted molar refractivity (Wildman–Crippen MR) is 66.5 cm³/mol. The van der Waals surface area contributed by atoms with Crippen molar-refractivity contribution < 1.29 is 0 Å². The fourth-order valence-corrected chi connectivity index (χ4v) is 3.02. The summed E-state index contributed by atoms with van der Waals surface area (Å²) < 4.78 is 2.11. The second kappa shape index (κ2) is 4.56. The van der Waals surface area contributed by atoms with Crippen molar-refractivity contribution in [2.24, 2.45) is 5.73 Å². The number of hydrogen-bond donors (Lipinski definition) is 1. The molecule has 1 atom stereocenters. The summed E-state index contributed by atoms with van der Waals surface area (Å²) in [6, 6.07) is 2.45. The molecular weight excluding hydrogens is 234 g/mol. The average Bonchev–Trinajstić information content (AvgIpc) is 2.99. The Kier molecular flexibility index (Phi) is 2.92. The first-order valence-electron chi connectivity index (χ1n) is 5.71. The molecule has 0 saturated heterocycles. The summed E-state index contributed by atoms with van der Waals surface area (Å²) in [5.74, 6) is 1.03. The lowest BCUT2D eigenvalue weighted by molar-refractivity contribution is 0.156. The third kappa shape index (κ3) is 1.99. The molecule has 3 heterocycles. The Bertz CT molecular complexity index is 478. The first kappa shape index (κ1) is 10.9. The molecule has 0 saturated carbocycles. The molecule has 17 heavy (non-hydrogen) atoms. The van der Waals surface area contributed by atoms with Crippen molar-refractivity contribution in [2.45, 2.75) is 19.1 Å². The lowest BCUT2D eigenvalue weighted by atomic mass is 10.1. The first-order valence-corrected chi connectivity index (χ1v) is 6.65. The lowest BCUT2D eigenvalue weighted by Crippen LogP contribution is -2.39. The minimum Gasteiger partial charge on any atom is -0.329 e. The van der Waals surface area contributed by atoms with Crippen LogP contribution in [0.5, 0.6) is 0 Å². The SMILES string of the molecule is NCC(c1ccsc1)N1CCn2cnnc2C1. The van der Waals surface area contributed by atoms with E-state index in [0.29, 0.717) is 12.6 Å². The highest BCUT2D eigenvalue weighted by molar-refractivity contribution is 7.07. The van der Waals surface area contributed by atoms with Gasteiger partial charge < -0.3 is 10.3 Å². The highest BCUT2D eigenvalue weighted by Gasteiger charge is 2.24. The van der Waals surface area contributed by atoms with Crippen molar-refractivity contribution in [3.63, 3.8) is 0 Å². The fourth-order valence-electron chi connectivity index (χ4n) is 2.31. The molecule has 2 aromatic heterocycles.